The van der Waals surface area contributed by atoms with E-state index in [1.807, 2.05) is 42.5 Å². The van der Waals surface area contributed by atoms with Crippen LogP contribution in [0.15, 0.2) is 53.1 Å². The van der Waals surface area contributed by atoms with E-state index in [1.54, 1.807) is 6.26 Å². The van der Waals surface area contributed by atoms with Gasteiger partial charge >= 0.3 is 0 Å². The zero-order chi connectivity index (χ0) is 18.7. The molecular weight excluding hydrogens is 358 g/mol. The van der Waals surface area contributed by atoms with Crippen LogP contribution in [0.1, 0.15) is 29.4 Å². The topological polar surface area (TPSA) is 67.2 Å². The van der Waals surface area contributed by atoms with Gasteiger partial charge in [-0.15, -0.1) is 11.3 Å². The molecule has 5 nitrogen and oxygen atoms in total. The summed E-state index contributed by atoms with van der Waals surface area (Å²) in [5, 5.41) is 7.25. The van der Waals surface area contributed by atoms with Crippen LogP contribution in [-0.2, 0) is 0 Å². The van der Waals surface area contributed by atoms with E-state index in [4.69, 9.17) is 9.40 Å². The summed E-state index contributed by atoms with van der Waals surface area (Å²) in [6, 6.07) is 13.5. The number of amides is 1. The summed E-state index contributed by atoms with van der Waals surface area (Å²) in [5.74, 6) is 0.616. The second-order valence-electron chi connectivity index (χ2n) is 7.28. The first-order chi connectivity index (χ1) is 13.1. The SMILES string of the molecule is CC1(CNC(=O)c2sc(-c3ccco3)nc2-c2ccccc2)CCNCC1. The minimum Gasteiger partial charge on any atom is -0.462 e. The Morgan fingerprint density at radius 3 is 2.70 bits per heavy atom. The molecule has 1 amide bonds. The van der Waals surface area contributed by atoms with E-state index < -0.39 is 0 Å². The van der Waals surface area contributed by atoms with Crippen LogP contribution in [0.2, 0.25) is 0 Å². The van der Waals surface area contributed by atoms with Gasteiger partial charge in [0.2, 0.25) is 0 Å². The number of rotatable bonds is 5. The molecule has 4 rings (SSSR count). The molecule has 0 atom stereocenters. The van der Waals surface area contributed by atoms with Crippen molar-refractivity contribution >= 4 is 17.2 Å². The van der Waals surface area contributed by atoms with Gasteiger partial charge in [0, 0.05) is 12.1 Å². The highest BCUT2D eigenvalue weighted by Gasteiger charge is 2.28. The minimum absolute atomic E-state index is 0.0658. The summed E-state index contributed by atoms with van der Waals surface area (Å²) < 4.78 is 5.48. The van der Waals surface area contributed by atoms with Crippen molar-refractivity contribution in [2.45, 2.75) is 19.8 Å². The first kappa shape index (κ1) is 17.9. The fourth-order valence-electron chi connectivity index (χ4n) is 3.35. The number of benzene rings is 1. The number of nitrogens with zero attached hydrogens (tertiary/aromatic N) is 1. The fourth-order valence-corrected chi connectivity index (χ4v) is 4.32. The maximum Gasteiger partial charge on any atom is 0.263 e. The summed E-state index contributed by atoms with van der Waals surface area (Å²) >= 11 is 1.38. The number of thiazole rings is 1. The van der Waals surface area contributed by atoms with Gasteiger partial charge in [0.05, 0.1) is 12.0 Å². The molecule has 3 heterocycles. The van der Waals surface area contributed by atoms with E-state index in [9.17, 15) is 4.79 Å². The van der Waals surface area contributed by atoms with Crippen LogP contribution in [0.4, 0.5) is 0 Å². The molecule has 0 bridgehead atoms. The zero-order valence-corrected chi connectivity index (χ0v) is 16.1. The van der Waals surface area contributed by atoms with Crippen molar-refractivity contribution in [1.82, 2.24) is 15.6 Å². The zero-order valence-electron chi connectivity index (χ0n) is 15.3. The molecule has 0 radical (unpaired) electrons. The van der Waals surface area contributed by atoms with Crippen molar-refractivity contribution in [3.63, 3.8) is 0 Å². The standard InChI is InChI=1S/C21H23N3O2S/c1-21(9-11-22-12-10-21)14-23-19(25)18-17(15-6-3-2-4-7-15)24-20(27-18)16-8-5-13-26-16/h2-8,13,22H,9-12,14H2,1H3,(H,23,25). The average Bonchev–Trinajstić information content (AvgIpc) is 3.37. The lowest BCUT2D eigenvalue weighted by Gasteiger charge is -2.34. The van der Waals surface area contributed by atoms with Gasteiger partial charge < -0.3 is 15.1 Å². The molecule has 2 aromatic heterocycles. The van der Waals surface area contributed by atoms with Gasteiger partial charge in [-0.25, -0.2) is 4.98 Å². The summed E-state index contributed by atoms with van der Waals surface area (Å²) in [6.45, 7) is 4.93. The highest BCUT2D eigenvalue weighted by molar-refractivity contribution is 7.17. The number of furan rings is 1. The molecule has 1 aromatic carbocycles. The molecule has 6 heteroatoms. The number of carbonyl (C=O) groups is 1. The highest BCUT2D eigenvalue weighted by Crippen LogP contribution is 2.34. The summed E-state index contributed by atoms with van der Waals surface area (Å²) in [4.78, 5) is 18.4. The number of piperidine rings is 1. The molecule has 0 aliphatic carbocycles. The van der Waals surface area contributed by atoms with Crippen molar-refractivity contribution < 1.29 is 9.21 Å². The van der Waals surface area contributed by atoms with Crippen LogP contribution in [0, 0.1) is 5.41 Å². The third kappa shape index (κ3) is 3.96. The first-order valence-electron chi connectivity index (χ1n) is 9.24. The van der Waals surface area contributed by atoms with E-state index in [0.717, 1.165) is 36.5 Å². The third-order valence-corrected chi connectivity index (χ3v) is 6.17. The van der Waals surface area contributed by atoms with Gasteiger partial charge in [0.1, 0.15) is 4.88 Å². The lowest BCUT2D eigenvalue weighted by molar-refractivity contribution is 0.0927. The minimum atomic E-state index is -0.0658. The molecule has 2 N–H and O–H groups in total. The van der Waals surface area contributed by atoms with E-state index in [1.165, 1.54) is 11.3 Å². The van der Waals surface area contributed by atoms with Crippen LogP contribution >= 0.6 is 11.3 Å². The monoisotopic (exact) mass is 381 g/mol. The fraction of sp³-hybridized carbons (Fsp3) is 0.333. The molecule has 3 aromatic rings. The van der Waals surface area contributed by atoms with E-state index in [0.29, 0.717) is 22.9 Å². The predicted molar refractivity (Wildman–Crippen MR) is 108 cm³/mol. The lowest BCUT2D eigenvalue weighted by atomic mass is 9.81. The molecule has 1 aliphatic rings. The highest BCUT2D eigenvalue weighted by atomic mass is 32.1. The van der Waals surface area contributed by atoms with Crippen LogP contribution in [0.5, 0.6) is 0 Å². The van der Waals surface area contributed by atoms with E-state index >= 15 is 0 Å². The molecular formula is C21H23N3O2S. The lowest BCUT2D eigenvalue weighted by Crippen LogP contribution is -2.42. The Kier molecular flexibility index (Phi) is 5.09. The molecule has 140 valence electrons. The molecule has 27 heavy (non-hydrogen) atoms. The van der Waals surface area contributed by atoms with E-state index in [-0.39, 0.29) is 11.3 Å². The summed E-state index contributed by atoms with van der Waals surface area (Å²) in [7, 11) is 0. The largest absolute Gasteiger partial charge is 0.462 e. The summed E-state index contributed by atoms with van der Waals surface area (Å²) in [5.41, 5.74) is 1.78. The number of carbonyl (C=O) groups excluding carboxylic acids is 1. The molecule has 0 saturated carbocycles. The molecule has 1 saturated heterocycles. The van der Waals surface area contributed by atoms with Crippen LogP contribution in [0.3, 0.4) is 0 Å². The van der Waals surface area contributed by atoms with Gasteiger partial charge in [-0.3, -0.25) is 4.79 Å². The Balaban J connectivity index is 1.61. The molecule has 0 unspecified atom stereocenters. The van der Waals surface area contributed by atoms with Crippen molar-refractivity contribution in [2.75, 3.05) is 19.6 Å². The van der Waals surface area contributed by atoms with Crippen LogP contribution < -0.4 is 10.6 Å². The van der Waals surface area contributed by atoms with Crippen molar-refractivity contribution in [2.24, 2.45) is 5.41 Å². The second kappa shape index (κ2) is 7.66. The van der Waals surface area contributed by atoms with Crippen molar-refractivity contribution in [3.05, 3.63) is 53.6 Å². The quantitative estimate of drug-likeness (QED) is 0.695. The molecule has 0 spiro atoms. The smallest absolute Gasteiger partial charge is 0.263 e. The first-order valence-corrected chi connectivity index (χ1v) is 10.1. The Morgan fingerprint density at radius 1 is 1.22 bits per heavy atom. The van der Waals surface area contributed by atoms with Gasteiger partial charge in [-0.1, -0.05) is 37.3 Å². The Hall–Kier alpha value is -2.44. The van der Waals surface area contributed by atoms with Crippen LogP contribution in [-0.4, -0.2) is 30.5 Å². The van der Waals surface area contributed by atoms with Crippen LogP contribution in [0.25, 0.3) is 22.0 Å². The Morgan fingerprint density at radius 2 is 2.00 bits per heavy atom. The summed E-state index contributed by atoms with van der Waals surface area (Å²) in [6.07, 6.45) is 3.76. The van der Waals surface area contributed by atoms with Gasteiger partial charge in [0.15, 0.2) is 10.8 Å². The van der Waals surface area contributed by atoms with Gasteiger partial charge in [0.25, 0.3) is 5.91 Å². The van der Waals surface area contributed by atoms with E-state index in [2.05, 4.69) is 17.6 Å². The molecule has 1 aliphatic heterocycles. The van der Waals surface area contributed by atoms with Crippen molar-refractivity contribution in [3.8, 4) is 22.0 Å². The second-order valence-corrected chi connectivity index (χ2v) is 8.28. The predicted octanol–water partition coefficient (Wildman–Crippen LogP) is 4.19. The van der Waals surface area contributed by atoms with Gasteiger partial charge in [-0.2, -0.15) is 0 Å². The Labute approximate surface area is 162 Å². The average molecular weight is 382 g/mol. The maximum atomic E-state index is 13.0. The normalized spacial score (nSPS) is 16.2. The Bertz CT molecular complexity index is 897. The number of hydrogen-bond acceptors (Lipinski definition) is 5. The maximum absolute atomic E-state index is 13.0. The van der Waals surface area contributed by atoms with Crippen molar-refractivity contribution in [1.29, 1.82) is 0 Å². The number of aromatic nitrogens is 1. The number of hydrogen-bond donors (Lipinski definition) is 2. The third-order valence-electron chi connectivity index (χ3n) is 5.10. The molecule has 1 fully saturated rings. The van der Waals surface area contributed by atoms with Gasteiger partial charge in [-0.05, 0) is 43.5 Å². The number of nitrogens with one attached hydrogen (secondary N) is 2.